The molecular weight excluding hydrogens is 200 g/mol. The Morgan fingerprint density at radius 2 is 1.94 bits per heavy atom. The molecule has 0 saturated heterocycles. The molecule has 1 aliphatic heterocycles. The molecule has 0 amide bonds. The van der Waals surface area contributed by atoms with Crippen molar-refractivity contribution >= 4 is 5.69 Å². The first-order valence-corrected chi connectivity index (χ1v) is 5.92. The number of hydrogen-bond donors (Lipinski definition) is 1. The lowest BCUT2D eigenvalue weighted by atomic mass is 10.00. The SMILES string of the molecule is CCN1CCc2c(N)ccc(OC)c2CC1. The Kier molecular flexibility index (Phi) is 3.34. The number of benzene rings is 1. The highest BCUT2D eigenvalue weighted by Gasteiger charge is 2.18. The first-order chi connectivity index (χ1) is 7.76. The molecule has 1 aromatic carbocycles. The van der Waals surface area contributed by atoms with E-state index in [1.165, 1.54) is 11.1 Å². The van der Waals surface area contributed by atoms with Gasteiger partial charge in [-0.25, -0.2) is 0 Å². The van der Waals surface area contributed by atoms with Crippen LogP contribution in [0.1, 0.15) is 18.1 Å². The Balaban J connectivity index is 2.35. The van der Waals surface area contributed by atoms with Crippen molar-refractivity contribution < 1.29 is 4.74 Å². The van der Waals surface area contributed by atoms with Crippen molar-refractivity contribution in [2.75, 3.05) is 32.5 Å². The number of hydrogen-bond acceptors (Lipinski definition) is 3. The largest absolute Gasteiger partial charge is 0.496 e. The minimum atomic E-state index is 0.911. The highest BCUT2D eigenvalue weighted by molar-refractivity contribution is 5.57. The summed E-state index contributed by atoms with van der Waals surface area (Å²) >= 11 is 0. The zero-order chi connectivity index (χ0) is 11.5. The van der Waals surface area contributed by atoms with E-state index in [9.17, 15) is 0 Å². The molecule has 0 fully saturated rings. The van der Waals surface area contributed by atoms with E-state index < -0.39 is 0 Å². The van der Waals surface area contributed by atoms with E-state index in [4.69, 9.17) is 10.5 Å². The lowest BCUT2D eigenvalue weighted by Crippen LogP contribution is -2.25. The number of anilines is 1. The molecule has 2 rings (SSSR count). The van der Waals surface area contributed by atoms with Crippen LogP contribution < -0.4 is 10.5 Å². The van der Waals surface area contributed by atoms with Gasteiger partial charge >= 0.3 is 0 Å². The standard InChI is InChI=1S/C13H20N2O/c1-3-15-8-6-10-11(7-9-15)13(16-2)5-4-12(10)14/h4-5H,3,6-9,14H2,1-2H3. The molecule has 0 bridgehead atoms. The van der Waals surface area contributed by atoms with Gasteiger partial charge in [0, 0.05) is 24.3 Å². The van der Waals surface area contributed by atoms with Crippen LogP contribution in [0.5, 0.6) is 5.75 Å². The number of fused-ring (bicyclic) bond motifs is 1. The van der Waals surface area contributed by atoms with Crippen molar-refractivity contribution in [1.29, 1.82) is 0 Å². The first-order valence-electron chi connectivity index (χ1n) is 5.92. The van der Waals surface area contributed by atoms with Gasteiger partial charge in [0.05, 0.1) is 7.11 Å². The number of ether oxygens (including phenoxy) is 1. The Morgan fingerprint density at radius 3 is 2.56 bits per heavy atom. The number of nitrogen functional groups attached to an aromatic ring is 1. The van der Waals surface area contributed by atoms with Gasteiger partial charge in [-0.15, -0.1) is 0 Å². The van der Waals surface area contributed by atoms with Gasteiger partial charge < -0.3 is 15.4 Å². The van der Waals surface area contributed by atoms with E-state index in [1.807, 2.05) is 12.1 Å². The molecule has 0 unspecified atom stereocenters. The van der Waals surface area contributed by atoms with Gasteiger partial charge in [0.25, 0.3) is 0 Å². The average molecular weight is 220 g/mol. The molecule has 0 saturated carbocycles. The molecule has 0 atom stereocenters. The second-order valence-electron chi connectivity index (χ2n) is 4.25. The minimum absolute atomic E-state index is 0.911. The van der Waals surface area contributed by atoms with Crippen molar-refractivity contribution in [2.45, 2.75) is 19.8 Å². The lowest BCUT2D eigenvalue weighted by molar-refractivity contribution is 0.302. The summed E-state index contributed by atoms with van der Waals surface area (Å²) in [5.74, 6) is 0.988. The summed E-state index contributed by atoms with van der Waals surface area (Å²) in [4.78, 5) is 2.46. The minimum Gasteiger partial charge on any atom is -0.496 e. The van der Waals surface area contributed by atoms with Crippen LogP contribution in [0.15, 0.2) is 12.1 Å². The molecule has 1 heterocycles. The van der Waals surface area contributed by atoms with Gasteiger partial charge in [-0.1, -0.05) is 6.92 Å². The summed E-state index contributed by atoms with van der Waals surface area (Å²) in [6.07, 6.45) is 2.07. The molecular formula is C13H20N2O. The molecule has 0 aromatic heterocycles. The van der Waals surface area contributed by atoms with E-state index in [-0.39, 0.29) is 0 Å². The van der Waals surface area contributed by atoms with Crippen LogP contribution in [0.4, 0.5) is 5.69 Å². The Bertz CT molecular complexity index is 376. The summed E-state index contributed by atoms with van der Waals surface area (Å²) in [5.41, 5.74) is 9.55. The van der Waals surface area contributed by atoms with E-state index in [1.54, 1.807) is 7.11 Å². The fourth-order valence-electron chi connectivity index (χ4n) is 2.42. The quantitative estimate of drug-likeness (QED) is 0.771. The van der Waals surface area contributed by atoms with Crippen LogP contribution >= 0.6 is 0 Å². The molecule has 3 heteroatoms. The van der Waals surface area contributed by atoms with Gasteiger partial charge in [0.2, 0.25) is 0 Å². The van der Waals surface area contributed by atoms with Gasteiger partial charge in [0.15, 0.2) is 0 Å². The van der Waals surface area contributed by atoms with Crippen LogP contribution in [0, 0.1) is 0 Å². The van der Waals surface area contributed by atoms with Gasteiger partial charge in [-0.3, -0.25) is 0 Å². The predicted octanol–water partition coefficient (Wildman–Crippen LogP) is 1.70. The van der Waals surface area contributed by atoms with Crippen molar-refractivity contribution in [3.63, 3.8) is 0 Å². The second kappa shape index (κ2) is 4.74. The average Bonchev–Trinajstić information content (AvgIpc) is 2.53. The Morgan fingerprint density at radius 1 is 1.25 bits per heavy atom. The third kappa shape index (κ3) is 2.00. The number of rotatable bonds is 2. The summed E-state index contributed by atoms with van der Waals surface area (Å²) in [6.45, 7) is 5.51. The highest BCUT2D eigenvalue weighted by atomic mass is 16.5. The van der Waals surface area contributed by atoms with Gasteiger partial charge in [-0.05, 0) is 37.1 Å². The molecule has 0 spiro atoms. The van der Waals surface area contributed by atoms with E-state index in [0.29, 0.717) is 0 Å². The lowest BCUT2D eigenvalue weighted by Gasteiger charge is -2.16. The molecule has 88 valence electrons. The van der Waals surface area contributed by atoms with Crippen LogP contribution in [-0.4, -0.2) is 31.6 Å². The summed E-state index contributed by atoms with van der Waals surface area (Å²) in [6, 6.07) is 3.94. The third-order valence-corrected chi connectivity index (χ3v) is 3.45. The molecule has 0 aliphatic carbocycles. The molecule has 1 aromatic rings. The van der Waals surface area contributed by atoms with Crippen molar-refractivity contribution in [3.8, 4) is 5.75 Å². The van der Waals surface area contributed by atoms with Crippen LogP contribution in [0.3, 0.4) is 0 Å². The van der Waals surface area contributed by atoms with E-state index >= 15 is 0 Å². The zero-order valence-corrected chi connectivity index (χ0v) is 10.1. The Hall–Kier alpha value is -1.22. The normalized spacial score (nSPS) is 16.6. The molecule has 1 aliphatic rings. The van der Waals surface area contributed by atoms with Gasteiger partial charge in [-0.2, -0.15) is 0 Å². The molecule has 2 N–H and O–H groups in total. The molecule has 16 heavy (non-hydrogen) atoms. The van der Waals surface area contributed by atoms with Crippen LogP contribution in [-0.2, 0) is 12.8 Å². The topological polar surface area (TPSA) is 38.5 Å². The molecule has 3 nitrogen and oxygen atoms in total. The maximum atomic E-state index is 6.05. The number of methoxy groups -OCH3 is 1. The second-order valence-corrected chi connectivity index (χ2v) is 4.25. The highest BCUT2D eigenvalue weighted by Crippen LogP contribution is 2.30. The summed E-state index contributed by atoms with van der Waals surface area (Å²) in [5, 5.41) is 0. The van der Waals surface area contributed by atoms with Crippen LogP contribution in [0.25, 0.3) is 0 Å². The number of likely N-dealkylation sites (N-methyl/N-ethyl adjacent to an activating group) is 1. The third-order valence-electron chi connectivity index (χ3n) is 3.45. The first kappa shape index (κ1) is 11.3. The Labute approximate surface area is 97.2 Å². The molecule has 0 radical (unpaired) electrons. The van der Waals surface area contributed by atoms with Crippen LogP contribution in [0.2, 0.25) is 0 Å². The smallest absolute Gasteiger partial charge is 0.122 e. The zero-order valence-electron chi connectivity index (χ0n) is 10.1. The maximum Gasteiger partial charge on any atom is 0.122 e. The maximum absolute atomic E-state index is 6.05. The fraction of sp³-hybridized carbons (Fsp3) is 0.538. The number of nitrogens with zero attached hydrogens (tertiary/aromatic N) is 1. The fourth-order valence-corrected chi connectivity index (χ4v) is 2.42. The number of nitrogens with two attached hydrogens (primary N) is 1. The van der Waals surface area contributed by atoms with Crippen molar-refractivity contribution in [2.24, 2.45) is 0 Å². The van der Waals surface area contributed by atoms with Crippen molar-refractivity contribution in [3.05, 3.63) is 23.3 Å². The summed E-state index contributed by atoms with van der Waals surface area (Å²) < 4.78 is 5.42. The van der Waals surface area contributed by atoms with E-state index in [0.717, 1.165) is 43.9 Å². The monoisotopic (exact) mass is 220 g/mol. The summed E-state index contributed by atoms with van der Waals surface area (Å²) in [7, 11) is 1.73. The predicted molar refractivity (Wildman–Crippen MR) is 66.9 cm³/mol. The van der Waals surface area contributed by atoms with E-state index in [2.05, 4.69) is 11.8 Å². The van der Waals surface area contributed by atoms with Crippen molar-refractivity contribution in [1.82, 2.24) is 4.90 Å². The van der Waals surface area contributed by atoms with Gasteiger partial charge in [0.1, 0.15) is 5.75 Å².